The topological polar surface area (TPSA) is 170 Å². The quantitative estimate of drug-likeness (QED) is 0.0853. The SMILES string of the molecule is F.F.O=C(O)Nc1cc(CCCCn2c(=O)oc3cc(CNCC(O)c4ccc(O)c5[nH]c(=O)ccc45)ccc32)ccc1-c1ccccc1. The van der Waals surface area contributed by atoms with E-state index in [2.05, 4.69) is 15.6 Å². The van der Waals surface area contributed by atoms with Crippen molar-refractivity contribution in [1.29, 1.82) is 0 Å². The number of aromatic amines is 1. The Morgan fingerprint density at radius 1 is 0.898 bits per heavy atom. The van der Waals surface area contributed by atoms with Gasteiger partial charge in [-0.15, -0.1) is 0 Å². The third-order valence-corrected chi connectivity index (χ3v) is 8.17. The molecule has 1 amide bonds. The maximum Gasteiger partial charge on any atom is 0.419 e. The normalized spacial score (nSPS) is 11.5. The van der Waals surface area contributed by atoms with Crippen molar-refractivity contribution in [3.8, 4) is 16.9 Å². The molecule has 0 radical (unpaired) electrons. The molecule has 11 nitrogen and oxygen atoms in total. The van der Waals surface area contributed by atoms with Crippen LogP contribution >= 0.6 is 0 Å². The fourth-order valence-electron chi connectivity index (χ4n) is 5.88. The number of aromatic nitrogens is 2. The molecule has 0 saturated carbocycles. The van der Waals surface area contributed by atoms with Crippen LogP contribution in [0.4, 0.5) is 19.9 Å². The Balaban J connectivity index is 0.00000270. The van der Waals surface area contributed by atoms with Gasteiger partial charge in [-0.25, -0.2) is 9.59 Å². The number of halogens is 2. The van der Waals surface area contributed by atoms with Crippen LogP contribution in [0.15, 0.2) is 105 Å². The van der Waals surface area contributed by atoms with Gasteiger partial charge in [-0.3, -0.25) is 24.1 Å². The van der Waals surface area contributed by atoms with Crippen LogP contribution < -0.4 is 21.9 Å². The highest BCUT2D eigenvalue weighted by atomic mass is 19.0. The zero-order chi connectivity index (χ0) is 32.9. The molecular formula is C36H36F2N4O7. The number of anilines is 1. The van der Waals surface area contributed by atoms with E-state index in [1.165, 1.54) is 12.1 Å². The van der Waals surface area contributed by atoms with E-state index in [0.717, 1.165) is 35.1 Å². The minimum Gasteiger partial charge on any atom is -0.506 e. The molecule has 6 rings (SSSR count). The lowest BCUT2D eigenvalue weighted by Crippen LogP contribution is -2.21. The van der Waals surface area contributed by atoms with E-state index in [1.807, 2.05) is 60.7 Å². The third-order valence-electron chi connectivity index (χ3n) is 8.17. The summed E-state index contributed by atoms with van der Waals surface area (Å²) in [5.41, 5.74) is 5.81. The van der Waals surface area contributed by atoms with Crippen LogP contribution in [0.2, 0.25) is 0 Å². The minimum atomic E-state index is -1.12. The first kappa shape index (κ1) is 36.1. The Morgan fingerprint density at radius 3 is 2.45 bits per heavy atom. The number of aliphatic hydroxyl groups is 1. The summed E-state index contributed by atoms with van der Waals surface area (Å²) in [6, 6.07) is 26.9. The van der Waals surface area contributed by atoms with Gasteiger partial charge in [0.1, 0.15) is 5.75 Å². The molecule has 256 valence electrons. The molecule has 0 fully saturated rings. The number of fused-ring (bicyclic) bond motifs is 2. The van der Waals surface area contributed by atoms with Crippen LogP contribution in [0, 0.1) is 0 Å². The maximum atomic E-state index is 12.7. The van der Waals surface area contributed by atoms with E-state index in [9.17, 15) is 29.7 Å². The molecule has 0 saturated heterocycles. The smallest absolute Gasteiger partial charge is 0.419 e. The number of aromatic hydroxyl groups is 1. The second kappa shape index (κ2) is 15.9. The van der Waals surface area contributed by atoms with Crippen molar-refractivity contribution in [3.63, 3.8) is 0 Å². The van der Waals surface area contributed by atoms with Gasteiger partial charge in [-0.05, 0) is 71.8 Å². The summed E-state index contributed by atoms with van der Waals surface area (Å²) in [6.45, 7) is 1.10. The van der Waals surface area contributed by atoms with Gasteiger partial charge in [0.15, 0.2) is 5.58 Å². The summed E-state index contributed by atoms with van der Waals surface area (Å²) >= 11 is 0. The van der Waals surface area contributed by atoms with Crippen LogP contribution in [0.5, 0.6) is 5.75 Å². The molecule has 0 aliphatic heterocycles. The van der Waals surface area contributed by atoms with Gasteiger partial charge in [-0.2, -0.15) is 0 Å². The monoisotopic (exact) mass is 674 g/mol. The molecule has 0 bridgehead atoms. The Kier molecular flexibility index (Phi) is 11.7. The van der Waals surface area contributed by atoms with E-state index in [1.54, 1.807) is 22.8 Å². The van der Waals surface area contributed by atoms with E-state index < -0.39 is 18.0 Å². The van der Waals surface area contributed by atoms with Crippen LogP contribution in [-0.4, -0.2) is 37.5 Å². The van der Waals surface area contributed by atoms with E-state index in [4.69, 9.17) is 4.42 Å². The molecule has 4 aromatic carbocycles. The molecule has 0 spiro atoms. The number of H-pyrrole nitrogens is 1. The van der Waals surface area contributed by atoms with Gasteiger partial charge in [0, 0.05) is 36.7 Å². The molecule has 1 unspecified atom stereocenters. The summed E-state index contributed by atoms with van der Waals surface area (Å²) in [7, 11) is 0. The van der Waals surface area contributed by atoms with Crippen molar-refractivity contribution in [2.75, 3.05) is 11.9 Å². The zero-order valence-corrected chi connectivity index (χ0v) is 26.2. The average molecular weight is 675 g/mol. The van der Waals surface area contributed by atoms with E-state index in [-0.39, 0.29) is 32.8 Å². The Labute approximate surface area is 278 Å². The van der Waals surface area contributed by atoms with E-state index >= 15 is 0 Å². The predicted molar refractivity (Wildman–Crippen MR) is 185 cm³/mol. The third kappa shape index (κ3) is 8.20. The van der Waals surface area contributed by atoms with Crippen molar-refractivity contribution < 1.29 is 33.9 Å². The molecule has 49 heavy (non-hydrogen) atoms. The van der Waals surface area contributed by atoms with Crippen molar-refractivity contribution in [2.45, 2.75) is 38.5 Å². The number of nitrogens with one attached hydrogen (secondary N) is 3. The summed E-state index contributed by atoms with van der Waals surface area (Å²) in [5.74, 6) is -0.501. The van der Waals surface area contributed by atoms with Crippen LogP contribution in [0.1, 0.15) is 35.6 Å². The standard InChI is InChI=1S/C36H34N4O7.2FH/c41-30-15-12-26(27-13-16-33(43)39-34(27)30)31(42)21-37-20-23-10-14-29-32(19-23)47-36(46)40(29)17-5-4-6-22-9-11-25(24-7-2-1-3-8-24)28(18-22)38-35(44)45;;/h1-3,7-16,18-19,31,37-38,41-42H,4-6,17,20-21H2,(H,39,43)(H,44,45);2*1H. The molecule has 6 N–H and O–H groups in total. The second-order valence-corrected chi connectivity index (χ2v) is 11.4. The van der Waals surface area contributed by atoms with E-state index in [0.29, 0.717) is 47.2 Å². The molecule has 13 heteroatoms. The van der Waals surface area contributed by atoms with Gasteiger partial charge in [0.05, 0.1) is 22.8 Å². The first-order chi connectivity index (χ1) is 22.8. The maximum absolute atomic E-state index is 12.7. The number of nitrogens with zero attached hydrogens (tertiary/aromatic N) is 1. The van der Waals surface area contributed by atoms with Crippen molar-refractivity contribution >= 4 is 33.8 Å². The summed E-state index contributed by atoms with van der Waals surface area (Å²) in [6.07, 6.45) is 0.205. The number of carboxylic acid groups (broad SMARTS) is 1. The molecule has 1 atom stereocenters. The number of carbonyl (C=O) groups is 1. The summed E-state index contributed by atoms with van der Waals surface area (Å²) < 4.78 is 7.16. The fraction of sp³-hybridized carbons (Fsp3) is 0.194. The molecular weight excluding hydrogens is 638 g/mol. The number of aryl methyl sites for hydroxylation is 2. The Bertz CT molecular complexity index is 2180. The molecule has 6 aromatic rings. The molecule has 0 aliphatic carbocycles. The Hall–Kier alpha value is -5.79. The van der Waals surface area contributed by atoms with Crippen molar-refractivity contribution in [3.05, 3.63) is 129 Å². The van der Waals surface area contributed by atoms with Crippen LogP contribution in [0.25, 0.3) is 33.1 Å². The van der Waals surface area contributed by atoms with Gasteiger partial charge >= 0.3 is 11.8 Å². The number of benzene rings is 4. The number of aliphatic hydroxyl groups excluding tert-OH is 1. The highest BCUT2D eigenvalue weighted by molar-refractivity contribution is 5.91. The Morgan fingerprint density at radius 2 is 1.67 bits per heavy atom. The van der Waals surface area contributed by atoms with Gasteiger partial charge in [0.25, 0.3) is 0 Å². The first-order valence-electron chi connectivity index (χ1n) is 15.3. The van der Waals surface area contributed by atoms with Gasteiger partial charge in [0.2, 0.25) is 5.56 Å². The van der Waals surface area contributed by atoms with Crippen molar-refractivity contribution in [1.82, 2.24) is 14.9 Å². The molecule has 2 aromatic heterocycles. The lowest BCUT2D eigenvalue weighted by molar-refractivity contribution is 0.176. The lowest BCUT2D eigenvalue weighted by Gasteiger charge is -2.15. The fourth-order valence-corrected chi connectivity index (χ4v) is 5.88. The van der Waals surface area contributed by atoms with Crippen LogP contribution in [-0.2, 0) is 19.5 Å². The molecule has 0 aliphatic rings. The average Bonchev–Trinajstić information content (AvgIpc) is 3.37. The van der Waals surface area contributed by atoms with Gasteiger partial charge in [-0.1, -0.05) is 54.6 Å². The summed E-state index contributed by atoms with van der Waals surface area (Å²) in [4.78, 5) is 38.4. The number of unbranched alkanes of at least 4 members (excludes halogenated alkanes) is 1. The zero-order valence-electron chi connectivity index (χ0n) is 26.2. The number of phenols is 1. The molecule has 2 heterocycles. The number of phenolic OH excluding ortho intramolecular Hbond substituents is 1. The number of amides is 1. The number of oxazole rings is 1. The second-order valence-electron chi connectivity index (χ2n) is 11.4. The largest absolute Gasteiger partial charge is 0.506 e. The van der Waals surface area contributed by atoms with Crippen LogP contribution in [0.3, 0.4) is 0 Å². The van der Waals surface area contributed by atoms with Gasteiger partial charge < -0.3 is 30.0 Å². The summed E-state index contributed by atoms with van der Waals surface area (Å²) in [5, 5.41) is 36.6. The lowest BCUT2D eigenvalue weighted by atomic mass is 9.99. The highest BCUT2D eigenvalue weighted by Crippen LogP contribution is 2.30. The number of hydrogen-bond acceptors (Lipinski definition) is 7. The number of pyridine rings is 1. The first-order valence-corrected chi connectivity index (χ1v) is 15.3. The highest BCUT2D eigenvalue weighted by Gasteiger charge is 2.15. The minimum absolute atomic E-state index is 0. The predicted octanol–water partition coefficient (Wildman–Crippen LogP) is 6.05. The number of rotatable bonds is 12. The number of hydrogen-bond donors (Lipinski definition) is 6. The van der Waals surface area contributed by atoms with Crippen molar-refractivity contribution in [2.24, 2.45) is 0 Å².